The van der Waals surface area contributed by atoms with Crippen LogP contribution < -0.4 is 10.1 Å². The highest BCUT2D eigenvalue weighted by Crippen LogP contribution is 2.21. The molecule has 1 amide bonds. The molecule has 5 heteroatoms. The van der Waals surface area contributed by atoms with Crippen LogP contribution in [0.4, 0.5) is 5.69 Å². The Kier molecular flexibility index (Phi) is 4.75. The van der Waals surface area contributed by atoms with E-state index >= 15 is 0 Å². The van der Waals surface area contributed by atoms with Gasteiger partial charge in [0.25, 0.3) is 5.91 Å². The summed E-state index contributed by atoms with van der Waals surface area (Å²) in [4.78, 5) is 20.7. The van der Waals surface area contributed by atoms with Gasteiger partial charge in [-0.3, -0.25) is 4.79 Å². The van der Waals surface area contributed by atoms with E-state index in [-0.39, 0.29) is 5.91 Å². The number of benzene rings is 2. The van der Waals surface area contributed by atoms with Crippen LogP contribution in [-0.2, 0) is 0 Å². The van der Waals surface area contributed by atoms with Crippen molar-refractivity contribution in [3.63, 3.8) is 0 Å². The molecule has 0 unspecified atom stereocenters. The van der Waals surface area contributed by atoms with Gasteiger partial charge in [0.2, 0.25) is 0 Å². The van der Waals surface area contributed by atoms with Crippen LogP contribution in [0.15, 0.2) is 54.6 Å². The van der Waals surface area contributed by atoms with E-state index in [2.05, 4.69) is 15.3 Å². The maximum absolute atomic E-state index is 12.2. The van der Waals surface area contributed by atoms with Gasteiger partial charge in [0.1, 0.15) is 5.75 Å². The molecular weight excluding hydrogens is 314 g/mol. The number of carbonyl (C=O) groups excluding carboxylic acids is 1. The zero-order valence-corrected chi connectivity index (χ0v) is 14.4. The number of hydrogen-bond donors (Lipinski definition) is 1. The van der Waals surface area contributed by atoms with E-state index in [9.17, 15) is 4.79 Å². The Hall–Kier alpha value is -3.21. The molecule has 1 N–H and O–H groups in total. The first kappa shape index (κ1) is 16.6. The number of ether oxygens (including phenoxy) is 1. The summed E-state index contributed by atoms with van der Waals surface area (Å²) in [6.07, 6.45) is 0. The van der Waals surface area contributed by atoms with Crippen molar-refractivity contribution in [3.05, 3.63) is 77.1 Å². The summed E-state index contributed by atoms with van der Waals surface area (Å²) in [5.41, 5.74) is 4.13. The van der Waals surface area contributed by atoms with Crippen LogP contribution in [0.25, 0.3) is 0 Å². The second-order valence-corrected chi connectivity index (χ2v) is 5.88. The molecule has 0 atom stereocenters. The topological polar surface area (TPSA) is 64.1 Å². The second-order valence-electron chi connectivity index (χ2n) is 5.88. The highest BCUT2D eigenvalue weighted by atomic mass is 16.5. The van der Waals surface area contributed by atoms with Crippen LogP contribution >= 0.6 is 0 Å². The van der Waals surface area contributed by atoms with Gasteiger partial charge in [-0.05, 0) is 63.2 Å². The van der Waals surface area contributed by atoms with Gasteiger partial charge in [0, 0.05) is 22.6 Å². The van der Waals surface area contributed by atoms with Gasteiger partial charge in [-0.2, -0.15) is 0 Å². The highest BCUT2D eigenvalue weighted by molar-refractivity contribution is 6.04. The van der Waals surface area contributed by atoms with Gasteiger partial charge in [-0.15, -0.1) is 0 Å². The standard InChI is InChI=1S/C20H19N3O2/c1-13-4-6-16(7-5-13)19(24)23-17-8-10-18(11-9-17)25-20-21-14(2)12-15(3)22-20/h4-12H,1-3H3,(H,23,24). The summed E-state index contributed by atoms with van der Waals surface area (Å²) in [6, 6.07) is 16.7. The van der Waals surface area contributed by atoms with Crippen molar-refractivity contribution in [1.29, 1.82) is 0 Å². The summed E-state index contributed by atoms with van der Waals surface area (Å²) in [6.45, 7) is 5.77. The lowest BCUT2D eigenvalue weighted by atomic mass is 10.1. The van der Waals surface area contributed by atoms with Crippen LogP contribution in [-0.4, -0.2) is 15.9 Å². The third kappa shape index (κ3) is 4.41. The van der Waals surface area contributed by atoms with Crippen LogP contribution in [0.3, 0.4) is 0 Å². The van der Waals surface area contributed by atoms with Crippen molar-refractivity contribution in [2.24, 2.45) is 0 Å². The van der Waals surface area contributed by atoms with Crippen LogP contribution in [0, 0.1) is 20.8 Å². The zero-order valence-electron chi connectivity index (χ0n) is 14.4. The van der Waals surface area contributed by atoms with Gasteiger partial charge in [-0.25, -0.2) is 9.97 Å². The van der Waals surface area contributed by atoms with Gasteiger partial charge in [-0.1, -0.05) is 17.7 Å². The molecule has 3 rings (SSSR count). The van der Waals surface area contributed by atoms with Crippen LogP contribution in [0.5, 0.6) is 11.8 Å². The lowest BCUT2D eigenvalue weighted by Crippen LogP contribution is -2.11. The number of amides is 1. The van der Waals surface area contributed by atoms with Gasteiger partial charge < -0.3 is 10.1 Å². The molecule has 0 aliphatic carbocycles. The van der Waals surface area contributed by atoms with Crippen molar-refractivity contribution in [3.8, 4) is 11.8 Å². The quantitative estimate of drug-likeness (QED) is 0.766. The highest BCUT2D eigenvalue weighted by Gasteiger charge is 2.07. The maximum Gasteiger partial charge on any atom is 0.322 e. The Balaban J connectivity index is 1.67. The van der Waals surface area contributed by atoms with Gasteiger partial charge in [0.05, 0.1) is 0 Å². The molecule has 0 fully saturated rings. The van der Waals surface area contributed by atoms with Crippen molar-refractivity contribution in [2.75, 3.05) is 5.32 Å². The monoisotopic (exact) mass is 333 g/mol. The van der Waals surface area contributed by atoms with Gasteiger partial charge in [0.15, 0.2) is 0 Å². The predicted octanol–water partition coefficient (Wildman–Crippen LogP) is 4.45. The molecule has 0 radical (unpaired) electrons. The minimum absolute atomic E-state index is 0.147. The maximum atomic E-state index is 12.2. The van der Waals surface area contributed by atoms with E-state index in [1.54, 1.807) is 36.4 Å². The Morgan fingerprint density at radius 1 is 0.880 bits per heavy atom. The number of aromatic nitrogens is 2. The number of hydrogen-bond acceptors (Lipinski definition) is 4. The average Bonchev–Trinajstić information content (AvgIpc) is 2.56. The summed E-state index contributed by atoms with van der Waals surface area (Å²) < 4.78 is 5.66. The Bertz CT molecular complexity index is 868. The first-order chi connectivity index (χ1) is 12.0. The molecule has 2 aromatic carbocycles. The molecule has 0 aliphatic heterocycles. The molecule has 1 heterocycles. The minimum Gasteiger partial charge on any atom is -0.424 e. The number of aryl methyl sites for hydroxylation is 3. The van der Waals surface area contributed by atoms with Crippen molar-refractivity contribution < 1.29 is 9.53 Å². The molecule has 25 heavy (non-hydrogen) atoms. The summed E-state index contributed by atoms with van der Waals surface area (Å²) in [7, 11) is 0. The SMILES string of the molecule is Cc1ccc(C(=O)Nc2ccc(Oc3nc(C)cc(C)n3)cc2)cc1. The molecule has 0 saturated carbocycles. The second kappa shape index (κ2) is 7.13. The first-order valence-electron chi connectivity index (χ1n) is 7.98. The minimum atomic E-state index is -0.147. The summed E-state index contributed by atoms with van der Waals surface area (Å²) in [5.74, 6) is 0.463. The summed E-state index contributed by atoms with van der Waals surface area (Å²) in [5, 5.41) is 2.86. The molecule has 0 bridgehead atoms. The van der Waals surface area contributed by atoms with E-state index in [0.29, 0.717) is 23.0 Å². The molecule has 0 saturated heterocycles. The molecule has 126 valence electrons. The van der Waals surface area contributed by atoms with Crippen molar-refractivity contribution >= 4 is 11.6 Å². The van der Waals surface area contributed by atoms with E-state index in [4.69, 9.17) is 4.74 Å². The number of nitrogens with zero attached hydrogens (tertiary/aromatic N) is 2. The van der Waals surface area contributed by atoms with Crippen molar-refractivity contribution in [2.45, 2.75) is 20.8 Å². The molecule has 0 spiro atoms. The Morgan fingerprint density at radius 2 is 1.48 bits per heavy atom. The van der Waals surface area contributed by atoms with Crippen molar-refractivity contribution in [1.82, 2.24) is 9.97 Å². The normalized spacial score (nSPS) is 10.4. The molecular formula is C20H19N3O2. The van der Waals surface area contributed by atoms with E-state index < -0.39 is 0 Å². The van der Waals surface area contributed by atoms with E-state index in [1.807, 2.05) is 39.0 Å². The van der Waals surface area contributed by atoms with E-state index in [0.717, 1.165) is 17.0 Å². The Labute approximate surface area is 146 Å². The smallest absolute Gasteiger partial charge is 0.322 e. The number of nitrogens with one attached hydrogen (secondary N) is 1. The molecule has 1 aromatic heterocycles. The van der Waals surface area contributed by atoms with Gasteiger partial charge >= 0.3 is 6.01 Å². The lowest BCUT2D eigenvalue weighted by molar-refractivity contribution is 0.102. The fourth-order valence-corrected chi connectivity index (χ4v) is 2.36. The average molecular weight is 333 g/mol. The molecule has 5 nitrogen and oxygen atoms in total. The summed E-state index contributed by atoms with van der Waals surface area (Å²) >= 11 is 0. The predicted molar refractivity (Wildman–Crippen MR) is 97.2 cm³/mol. The van der Waals surface area contributed by atoms with E-state index in [1.165, 1.54) is 0 Å². The number of anilines is 1. The zero-order chi connectivity index (χ0) is 17.8. The van der Waals surface area contributed by atoms with Crippen LogP contribution in [0.1, 0.15) is 27.3 Å². The fraction of sp³-hybridized carbons (Fsp3) is 0.150. The molecule has 0 aliphatic rings. The fourth-order valence-electron chi connectivity index (χ4n) is 2.36. The number of carbonyl (C=O) groups is 1. The lowest BCUT2D eigenvalue weighted by Gasteiger charge is -2.08. The third-order valence-corrected chi connectivity index (χ3v) is 3.60. The third-order valence-electron chi connectivity index (χ3n) is 3.60. The van der Waals surface area contributed by atoms with Crippen LogP contribution in [0.2, 0.25) is 0 Å². The first-order valence-corrected chi connectivity index (χ1v) is 7.98. The largest absolute Gasteiger partial charge is 0.424 e. The Morgan fingerprint density at radius 3 is 2.08 bits per heavy atom. The molecule has 3 aromatic rings. The number of rotatable bonds is 4.